The standard InChI is InChI=1S/C11H15Cl2NOS/c1-2-11(7-12,8-13)14-10(15)5-9-3-4-16-6-9/h3-4,6H,2,5,7-8H2,1H3,(H,14,15). The van der Waals surface area contributed by atoms with Crippen molar-refractivity contribution in [2.75, 3.05) is 11.8 Å². The van der Waals surface area contributed by atoms with E-state index in [1.54, 1.807) is 11.3 Å². The van der Waals surface area contributed by atoms with E-state index in [0.29, 0.717) is 18.2 Å². The maximum absolute atomic E-state index is 11.8. The molecule has 0 saturated heterocycles. The van der Waals surface area contributed by atoms with Crippen molar-refractivity contribution in [1.82, 2.24) is 5.32 Å². The van der Waals surface area contributed by atoms with E-state index in [-0.39, 0.29) is 5.91 Å². The first kappa shape index (κ1) is 13.8. The van der Waals surface area contributed by atoms with Gasteiger partial charge in [-0.3, -0.25) is 4.79 Å². The lowest BCUT2D eigenvalue weighted by molar-refractivity contribution is -0.121. The molecule has 0 aliphatic rings. The van der Waals surface area contributed by atoms with E-state index >= 15 is 0 Å². The molecule has 0 aliphatic carbocycles. The lowest BCUT2D eigenvalue weighted by Gasteiger charge is -2.29. The van der Waals surface area contributed by atoms with Gasteiger partial charge >= 0.3 is 0 Å². The molecule has 0 saturated carbocycles. The van der Waals surface area contributed by atoms with Gasteiger partial charge in [0.25, 0.3) is 0 Å². The smallest absolute Gasteiger partial charge is 0.224 e. The average Bonchev–Trinajstić information content (AvgIpc) is 2.79. The van der Waals surface area contributed by atoms with Gasteiger partial charge in [-0.2, -0.15) is 11.3 Å². The molecule has 90 valence electrons. The topological polar surface area (TPSA) is 29.1 Å². The third-order valence-corrected chi connectivity index (χ3v) is 4.29. The SMILES string of the molecule is CCC(CCl)(CCl)NC(=O)Cc1ccsc1. The number of hydrogen-bond acceptors (Lipinski definition) is 2. The molecule has 1 heterocycles. The highest BCUT2D eigenvalue weighted by atomic mass is 35.5. The van der Waals surface area contributed by atoms with E-state index in [1.807, 2.05) is 23.8 Å². The molecule has 0 fully saturated rings. The van der Waals surface area contributed by atoms with Crippen molar-refractivity contribution in [1.29, 1.82) is 0 Å². The van der Waals surface area contributed by atoms with Crippen LogP contribution in [0.3, 0.4) is 0 Å². The number of carbonyl (C=O) groups excluding carboxylic acids is 1. The van der Waals surface area contributed by atoms with E-state index in [0.717, 1.165) is 12.0 Å². The van der Waals surface area contributed by atoms with Crippen LogP contribution in [-0.4, -0.2) is 23.2 Å². The number of hydrogen-bond donors (Lipinski definition) is 1. The number of thiophene rings is 1. The van der Waals surface area contributed by atoms with Crippen molar-refractivity contribution in [2.45, 2.75) is 25.3 Å². The molecule has 0 radical (unpaired) electrons. The summed E-state index contributed by atoms with van der Waals surface area (Å²) in [6.45, 7) is 1.97. The van der Waals surface area contributed by atoms with Gasteiger partial charge in [0.2, 0.25) is 5.91 Å². The summed E-state index contributed by atoms with van der Waals surface area (Å²) in [5.41, 5.74) is 0.549. The molecule has 0 atom stereocenters. The molecule has 16 heavy (non-hydrogen) atoms. The van der Waals surface area contributed by atoms with Crippen LogP contribution in [0.1, 0.15) is 18.9 Å². The van der Waals surface area contributed by atoms with Crippen molar-refractivity contribution in [3.8, 4) is 0 Å². The third kappa shape index (κ3) is 3.65. The van der Waals surface area contributed by atoms with Gasteiger partial charge in [0.05, 0.1) is 12.0 Å². The monoisotopic (exact) mass is 279 g/mol. The van der Waals surface area contributed by atoms with Gasteiger partial charge < -0.3 is 5.32 Å². The van der Waals surface area contributed by atoms with Crippen LogP contribution in [0, 0.1) is 0 Å². The lowest BCUT2D eigenvalue weighted by Crippen LogP contribution is -2.51. The number of alkyl halides is 2. The molecule has 1 N–H and O–H groups in total. The van der Waals surface area contributed by atoms with E-state index in [2.05, 4.69) is 5.32 Å². The molecule has 0 spiro atoms. The van der Waals surface area contributed by atoms with Gasteiger partial charge in [-0.25, -0.2) is 0 Å². The van der Waals surface area contributed by atoms with Crippen LogP contribution < -0.4 is 5.32 Å². The minimum absolute atomic E-state index is 0.0263. The second-order valence-corrected chi connectivity index (χ2v) is 5.07. The van der Waals surface area contributed by atoms with E-state index < -0.39 is 5.54 Å². The number of amides is 1. The van der Waals surface area contributed by atoms with Gasteiger partial charge in [0.15, 0.2) is 0 Å². The molecular weight excluding hydrogens is 265 g/mol. The average molecular weight is 280 g/mol. The molecule has 1 amide bonds. The predicted octanol–water partition coefficient (Wildman–Crippen LogP) is 3.03. The number of rotatable bonds is 6. The fourth-order valence-electron chi connectivity index (χ4n) is 1.30. The fourth-order valence-corrected chi connectivity index (χ4v) is 2.76. The molecular formula is C11H15Cl2NOS. The first-order chi connectivity index (χ1) is 7.65. The minimum atomic E-state index is -0.476. The van der Waals surface area contributed by atoms with Crippen LogP contribution in [0.5, 0.6) is 0 Å². The second-order valence-electron chi connectivity index (χ2n) is 3.76. The van der Waals surface area contributed by atoms with E-state index in [9.17, 15) is 4.79 Å². The number of carbonyl (C=O) groups is 1. The molecule has 0 bridgehead atoms. The summed E-state index contributed by atoms with van der Waals surface area (Å²) >= 11 is 13.3. The molecule has 2 nitrogen and oxygen atoms in total. The zero-order chi connectivity index (χ0) is 12.0. The van der Waals surface area contributed by atoms with Gasteiger partial charge in [-0.05, 0) is 28.8 Å². The molecule has 5 heteroatoms. The summed E-state index contributed by atoms with van der Waals surface area (Å²) < 4.78 is 0. The van der Waals surface area contributed by atoms with E-state index in [4.69, 9.17) is 23.2 Å². The summed E-state index contributed by atoms with van der Waals surface area (Å²) in [6, 6.07) is 1.94. The fraction of sp³-hybridized carbons (Fsp3) is 0.545. The maximum atomic E-state index is 11.8. The highest BCUT2D eigenvalue weighted by molar-refractivity contribution is 7.07. The Bertz CT molecular complexity index is 314. The minimum Gasteiger partial charge on any atom is -0.348 e. The van der Waals surface area contributed by atoms with Crippen molar-refractivity contribution < 1.29 is 4.79 Å². The highest BCUT2D eigenvalue weighted by Crippen LogP contribution is 2.15. The van der Waals surface area contributed by atoms with Gasteiger partial charge in [0.1, 0.15) is 0 Å². The maximum Gasteiger partial charge on any atom is 0.224 e. The molecule has 1 aromatic rings. The van der Waals surface area contributed by atoms with Gasteiger partial charge in [0, 0.05) is 11.8 Å². The summed E-state index contributed by atoms with van der Waals surface area (Å²) in [6.07, 6.45) is 1.12. The Kier molecular flexibility index (Phi) is 5.59. The highest BCUT2D eigenvalue weighted by Gasteiger charge is 2.27. The zero-order valence-electron chi connectivity index (χ0n) is 9.13. The Balaban J connectivity index is 2.55. The van der Waals surface area contributed by atoms with Gasteiger partial charge in [-0.15, -0.1) is 23.2 Å². The summed E-state index contributed by atoms with van der Waals surface area (Å²) in [5, 5.41) is 6.84. The van der Waals surface area contributed by atoms with Crippen molar-refractivity contribution in [2.24, 2.45) is 0 Å². The largest absolute Gasteiger partial charge is 0.348 e. The summed E-state index contributed by atoms with van der Waals surface area (Å²) in [4.78, 5) is 11.8. The van der Waals surface area contributed by atoms with E-state index in [1.165, 1.54) is 0 Å². The van der Waals surface area contributed by atoms with Crippen LogP contribution in [0.25, 0.3) is 0 Å². The van der Waals surface area contributed by atoms with Crippen LogP contribution in [0.15, 0.2) is 16.8 Å². The van der Waals surface area contributed by atoms with Crippen LogP contribution in [-0.2, 0) is 11.2 Å². The van der Waals surface area contributed by atoms with Crippen LogP contribution in [0.2, 0.25) is 0 Å². The lowest BCUT2D eigenvalue weighted by atomic mass is 10.0. The molecule has 0 aromatic carbocycles. The predicted molar refractivity (Wildman–Crippen MR) is 70.6 cm³/mol. The zero-order valence-corrected chi connectivity index (χ0v) is 11.5. The normalized spacial score (nSPS) is 11.4. The molecule has 0 aliphatic heterocycles. The third-order valence-electron chi connectivity index (χ3n) is 2.54. The molecule has 0 unspecified atom stereocenters. The van der Waals surface area contributed by atoms with Crippen molar-refractivity contribution in [3.05, 3.63) is 22.4 Å². The summed E-state index contributed by atoms with van der Waals surface area (Å²) in [7, 11) is 0. The Morgan fingerprint density at radius 3 is 2.62 bits per heavy atom. The molecule has 1 aromatic heterocycles. The Morgan fingerprint density at radius 1 is 1.50 bits per heavy atom. The first-order valence-corrected chi connectivity index (χ1v) is 7.11. The molecule has 1 rings (SSSR count). The Hall–Kier alpha value is -0.250. The van der Waals surface area contributed by atoms with Crippen molar-refractivity contribution in [3.63, 3.8) is 0 Å². The number of nitrogens with one attached hydrogen (secondary N) is 1. The Morgan fingerprint density at radius 2 is 2.19 bits per heavy atom. The Labute approximate surface area is 110 Å². The van der Waals surface area contributed by atoms with Crippen LogP contribution >= 0.6 is 34.5 Å². The summed E-state index contributed by atoms with van der Waals surface area (Å²) in [5.74, 6) is 0.645. The second kappa shape index (κ2) is 6.48. The van der Waals surface area contributed by atoms with Crippen molar-refractivity contribution >= 4 is 40.4 Å². The quantitative estimate of drug-likeness (QED) is 0.797. The number of halogens is 2. The van der Waals surface area contributed by atoms with Crippen LogP contribution in [0.4, 0.5) is 0 Å². The van der Waals surface area contributed by atoms with Gasteiger partial charge in [-0.1, -0.05) is 6.92 Å². The first-order valence-electron chi connectivity index (χ1n) is 5.10.